The average Bonchev–Trinajstić information content (AvgIpc) is 3.32. The van der Waals surface area contributed by atoms with Crippen molar-refractivity contribution in [3.05, 3.63) is 48.0 Å². The van der Waals surface area contributed by atoms with E-state index < -0.39 is 31.1 Å². The SMILES string of the molecule is CCONc1nc(C#Cc2ccccc2)nc2c1ncn2[C@@H]1O[C@H](CO)[C@@H](O)[C@H]1O. The molecule has 0 radical (unpaired) electrons. The van der Waals surface area contributed by atoms with E-state index in [0.29, 0.717) is 23.6 Å². The lowest BCUT2D eigenvalue weighted by Crippen LogP contribution is -2.33. The van der Waals surface area contributed by atoms with Gasteiger partial charge in [-0.05, 0) is 25.0 Å². The van der Waals surface area contributed by atoms with Crippen LogP contribution in [0.1, 0.15) is 24.5 Å². The van der Waals surface area contributed by atoms with Crippen LogP contribution in [0.3, 0.4) is 0 Å². The Morgan fingerprint density at radius 1 is 1.17 bits per heavy atom. The summed E-state index contributed by atoms with van der Waals surface area (Å²) < 4.78 is 7.08. The first-order chi connectivity index (χ1) is 14.6. The van der Waals surface area contributed by atoms with Crippen molar-refractivity contribution in [3.63, 3.8) is 0 Å². The van der Waals surface area contributed by atoms with Gasteiger partial charge in [0.25, 0.3) is 0 Å². The molecule has 10 nitrogen and oxygen atoms in total. The fourth-order valence-electron chi connectivity index (χ4n) is 3.13. The van der Waals surface area contributed by atoms with Gasteiger partial charge in [0, 0.05) is 5.56 Å². The zero-order valence-electron chi connectivity index (χ0n) is 16.1. The van der Waals surface area contributed by atoms with Crippen LogP contribution in [-0.2, 0) is 9.57 Å². The summed E-state index contributed by atoms with van der Waals surface area (Å²) in [5, 5.41) is 29.8. The Balaban J connectivity index is 1.77. The number of aliphatic hydroxyl groups is 3. The molecule has 0 aliphatic carbocycles. The molecule has 0 unspecified atom stereocenters. The highest BCUT2D eigenvalue weighted by molar-refractivity contribution is 5.83. The van der Waals surface area contributed by atoms with Gasteiger partial charge >= 0.3 is 0 Å². The fraction of sp³-hybridized carbons (Fsp3) is 0.350. The van der Waals surface area contributed by atoms with Gasteiger partial charge in [0.05, 0.1) is 19.5 Å². The molecule has 4 atom stereocenters. The van der Waals surface area contributed by atoms with Gasteiger partial charge in [-0.1, -0.05) is 24.1 Å². The summed E-state index contributed by atoms with van der Waals surface area (Å²) in [5.74, 6) is 6.43. The van der Waals surface area contributed by atoms with Crippen LogP contribution in [0.15, 0.2) is 36.7 Å². The van der Waals surface area contributed by atoms with Gasteiger partial charge in [-0.2, -0.15) is 4.98 Å². The molecule has 3 aromatic rings. The number of rotatable bonds is 5. The number of benzene rings is 1. The number of ether oxygens (including phenoxy) is 1. The topological polar surface area (TPSA) is 135 Å². The maximum Gasteiger partial charge on any atom is 0.209 e. The van der Waals surface area contributed by atoms with Gasteiger partial charge in [-0.15, -0.1) is 0 Å². The average molecular weight is 411 g/mol. The van der Waals surface area contributed by atoms with E-state index in [-0.39, 0.29) is 5.82 Å². The number of fused-ring (bicyclic) bond motifs is 1. The number of aromatic nitrogens is 4. The quantitative estimate of drug-likeness (QED) is 0.343. The molecule has 10 heteroatoms. The Bertz CT molecular complexity index is 1080. The van der Waals surface area contributed by atoms with Crippen molar-refractivity contribution in [2.45, 2.75) is 31.5 Å². The van der Waals surface area contributed by atoms with Gasteiger partial charge in [-0.3, -0.25) is 9.40 Å². The second-order valence-corrected chi connectivity index (χ2v) is 6.60. The third-order valence-electron chi connectivity index (χ3n) is 4.62. The number of aliphatic hydroxyl groups excluding tert-OH is 3. The van der Waals surface area contributed by atoms with E-state index in [1.54, 1.807) is 0 Å². The van der Waals surface area contributed by atoms with Crippen LogP contribution in [0, 0.1) is 11.8 Å². The van der Waals surface area contributed by atoms with Crippen molar-refractivity contribution < 1.29 is 24.9 Å². The van der Waals surface area contributed by atoms with Crippen LogP contribution in [0.2, 0.25) is 0 Å². The minimum absolute atomic E-state index is 0.210. The Hall–Kier alpha value is -3.07. The molecule has 4 rings (SSSR count). The van der Waals surface area contributed by atoms with Crippen LogP contribution >= 0.6 is 0 Å². The highest BCUT2D eigenvalue weighted by Gasteiger charge is 2.44. The predicted molar refractivity (Wildman–Crippen MR) is 106 cm³/mol. The van der Waals surface area contributed by atoms with E-state index >= 15 is 0 Å². The second-order valence-electron chi connectivity index (χ2n) is 6.60. The summed E-state index contributed by atoms with van der Waals surface area (Å²) in [6, 6.07) is 9.40. The van der Waals surface area contributed by atoms with E-state index in [4.69, 9.17) is 9.57 Å². The Kier molecular flexibility index (Phi) is 5.89. The first-order valence-electron chi connectivity index (χ1n) is 9.44. The summed E-state index contributed by atoms with van der Waals surface area (Å²) in [7, 11) is 0. The molecule has 1 fully saturated rings. The fourth-order valence-corrected chi connectivity index (χ4v) is 3.13. The molecule has 156 valence electrons. The first kappa shape index (κ1) is 20.2. The smallest absolute Gasteiger partial charge is 0.209 e. The maximum atomic E-state index is 10.4. The van der Waals surface area contributed by atoms with E-state index in [9.17, 15) is 15.3 Å². The molecule has 4 N–H and O–H groups in total. The molecule has 1 aliphatic rings. The molecule has 2 aromatic heterocycles. The summed E-state index contributed by atoms with van der Waals surface area (Å²) in [5.41, 5.74) is 4.25. The van der Waals surface area contributed by atoms with Crippen LogP contribution in [0.25, 0.3) is 11.2 Å². The lowest BCUT2D eigenvalue weighted by Gasteiger charge is -2.16. The monoisotopic (exact) mass is 411 g/mol. The third-order valence-corrected chi connectivity index (χ3v) is 4.62. The Labute approximate surface area is 172 Å². The number of imidazole rings is 1. The van der Waals surface area contributed by atoms with Crippen molar-refractivity contribution in [3.8, 4) is 11.8 Å². The van der Waals surface area contributed by atoms with Crippen LogP contribution in [0.4, 0.5) is 5.82 Å². The molecule has 1 aliphatic heterocycles. The summed E-state index contributed by atoms with van der Waals surface area (Å²) in [6.45, 7) is 1.78. The van der Waals surface area contributed by atoms with Crippen molar-refractivity contribution in [1.82, 2.24) is 19.5 Å². The van der Waals surface area contributed by atoms with E-state index in [2.05, 4.69) is 32.3 Å². The molecule has 0 bridgehead atoms. The van der Waals surface area contributed by atoms with Crippen LogP contribution < -0.4 is 5.48 Å². The standard InChI is InChI=1S/C20H21N5O5/c1-2-29-24-18-15-19(23-14(22-18)9-8-12-6-4-3-5-7-12)25(11-21-15)20-17(28)16(27)13(10-26)30-20/h3-7,11,13,16-17,20,26-28H,2,10H2,1H3,(H,22,23,24)/t13-,16-,17-,20-/m1/s1. The molecule has 0 spiro atoms. The van der Waals surface area contributed by atoms with Crippen molar-refractivity contribution in [1.29, 1.82) is 0 Å². The zero-order chi connectivity index (χ0) is 21.1. The van der Waals surface area contributed by atoms with Gasteiger partial charge in [-0.25, -0.2) is 15.4 Å². The summed E-state index contributed by atoms with van der Waals surface area (Å²) >= 11 is 0. The van der Waals surface area contributed by atoms with Gasteiger partial charge in [0.1, 0.15) is 18.3 Å². The summed E-state index contributed by atoms with van der Waals surface area (Å²) in [6.07, 6.45) is -2.98. The largest absolute Gasteiger partial charge is 0.394 e. The second kappa shape index (κ2) is 8.74. The van der Waals surface area contributed by atoms with Crippen molar-refractivity contribution in [2.24, 2.45) is 0 Å². The lowest BCUT2D eigenvalue weighted by atomic mass is 10.1. The Morgan fingerprint density at radius 2 is 1.97 bits per heavy atom. The maximum absolute atomic E-state index is 10.4. The van der Waals surface area contributed by atoms with Crippen LogP contribution in [-0.4, -0.2) is 66.4 Å². The molecule has 30 heavy (non-hydrogen) atoms. The van der Waals surface area contributed by atoms with E-state index in [1.165, 1.54) is 10.9 Å². The minimum Gasteiger partial charge on any atom is -0.394 e. The number of anilines is 1. The van der Waals surface area contributed by atoms with E-state index in [0.717, 1.165) is 5.56 Å². The summed E-state index contributed by atoms with van der Waals surface area (Å²) in [4.78, 5) is 18.4. The molecule has 1 aromatic carbocycles. The number of hydrogen-bond donors (Lipinski definition) is 4. The van der Waals surface area contributed by atoms with Gasteiger partial charge < -0.3 is 20.1 Å². The van der Waals surface area contributed by atoms with Crippen LogP contribution in [0.5, 0.6) is 0 Å². The van der Waals surface area contributed by atoms with Crippen molar-refractivity contribution in [2.75, 3.05) is 18.7 Å². The van der Waals surface area contributed by atoms with Crippen molar-refractivity contribution >= 4 is 17.0 Å². The highest BCUT2D eigenvalue weighted by Crippen LogP contribution is 2.32. The molecule has 1 saturated heterocycles. The predicted octanol–water partition coefficient (Wildman–Crippen LogP) is 0.201. The molecule has 3 heterocycles. The number of nitrogens with zero attached hydrogens (tertiary/aromatic N) is 4. The van der Waals surface area contributed by atoms with Gasteiger partial charge in [0.2, 0.25) is 5.82 Å². The van der Waals surface area contributed by atoms with E-state index in [1.807, 2.05) is 37.3 Å². The molecule has 0 saturated carbocycles. The molecular weight excluding hydrogens is 390 g/mol. The minimum atomic E-state index is -1.27. The number of nitrogens with one attached hydrogen (secondary N) is 1. The molecule has 0 amide bonds. The first-order valence-corrected chi connectivity index (χ1v) is 9.44. The highest BCUT2D eigenvalue weighted by atomic mass is 16.6. The normalized spacial score (nSPS) is 23.3. The van der Waals surface area contributed by atoms with Gasteiger partial charge in [0.15, 0.2) is 23.2 Å². The third kappa shape index (κ3) is 3.85. The number of hydrogen-bond acceptors (Lipinski definition) is 9. The Morgan fingerprint density at radius 3 is 2.67 bits per heavy atom. The zero-order valence-corrected chi connectivity index (χ0v) is 16.1. The molecular formula is C20H21N5O5. The lowest BCUT2D eigenvalue weighted by molar-refractivity contribution is -0.0511.